The van der Waals surface area contributed by atoms with Crippen molar-refractivity contribution in [3.8, 4) is 0 Å². The van der Waals surface area contributed by atoms with E-state index in [0.717, 1.165) is 39.3 Å². The van der Waals surface area contributed by atoms with Crippen LogP contribution in [0.1, 0.15) is 19.8 Å². The van der Waals surface area contributed by atoms with Crippen LogP contribution in [-0.4, -0.2) is 64.1 Å². The van der Waals surface area contributed by atoms with Crippen LogP contribution in [0.2, 0.25) is 0 Å². The molecule has 1 fully saturated rings. The summed E-state index contributed by atoms with van der Waals surface area (Å²) >= 11 is 0. The fraction of sp³-hybridized carbons (Fsp3) is 1.00. The molecule has 0 amide bonds. The molecule has 0 aromatic carbocycles. The normalized spacial score (nSPS) is 22.9. The van der Waals surface area contributed by atoms with Gasteiger partial charge < -0.3 is 14.8 Å². The maximum atomic E-state index is 5.41. The summed E-state index contributed by atoms with van der Waals surface area (Å²) in [7, 11) is 3.94. The molecule has 2 unspecified atom stereocenters. The predicted molar refractivity (Wildman–Crippen MR) is 65.8 cm³/mol. The zero-order valence-electron chi connectivity index (χ0n) is 10.9. The molecule has 4 heteroatoms. The van der Waals surface area contributed by atoms with E-state index in [4.69, 9.17) is 9.47 Å². The summed E-state index contributed by atoms with van der Waals surface area (Å²) in [6.45, 7) is 6.99. The smallest absolute Gasteiger partial charge is 0.0622 e. The Morgan fingerprint density at radius 3 is 3.00 bits per heavy atom. The number of likely N-dealkylation sites (N-methyl/N-ethyl adjacent to an activating group) is 1. The molecule has 0 bridgehead atoms. The van der Waals surface area contributed by atoms with Gasteiger partial charge in [0.2, 0.25) is 0 Å². The zero-order valence-corrected chi connectivity index (χ0v) is 10.9. The van der Waals surface area contributed by atoms with E-state index in [2.05, 4.69) is 24.2 Å². The van der Waals surface area contributed by atoms with E-state index in [9.17, 15) is 0 Å². The minimum absolute atomic E-state index is 0.564. The fourth-order valence-electron chi connectivity index (χ4n) is 2.00. The summed E-state index contributed by atoms with van der Waals surface area (Å²) in [4.78, 5) is 2.43. The van der Waals surface area contributed by atoms with Gasteiger partial charge in [0.1, 0.15) is 0 Å². The van der Waals surface area contributed by atoms with Crippen LogP contribution in [0, 0.1) is 0 Å². The minimum atomic E-state index is 0.564. The Morgan fingerprint density at radius 2 is 2.38 bits per heavy atom. The molecule has 1 saturated heterocycles. The predicted octanol–water partition coefficient (Wildman–Crippen LogP) is 0.722. The molecular weight excluding hydrogens is 204 g/mol. The first-order valence-corrected chi connectivity index (χ1v) is 6.25. The van der Waals surface area contributed by atoms with Crippen LogP contribution in [0.25, 0.3) is 0 Å². The highest BCUT2D eigenvalue weighted by molar-refractivity contribution is 4.78. The highest BCUT2D eigenvalue weighted by Gasteiger charge is 2.23. The molecule has 1 aliphatic rings. The van der Waals surface area contributed by atoms with Crippen LogP contribution in [0.5, 0.6) is 0 Å². The summed E-state index contributed by atoms with van der Waals surface area (Å²) < 4.78 is 10.4. The molecule has 0 radical (unpaired) electrons. The molecule has 1 rings (SSSR count). The second-order valence-electron chi connectivity index (χ2n) is 4.58. The van der Waals surface area contributed by atoms with E-state index >= 15 is 0 Å². The Bertz CT molecular complexity index is 172. The van der Waals surface area contributed by atoms with E-state index in [0.29, 0.717) is 12.1 Å². The highest BCUT2D eigenvalue weighted by atomic mass is 16.5. The van der Waals surface area contributed by atoms with Crippen molar-refractivity contribution in [2.45, 2.75) is 31.8 Å². The third-order valence-corrected chi connectivity index (χ3v) is 3.32. The Labute approximate surface area is 99.3 Å². The van der Waals surface area contributed by atoms with E-state index in [1.807, 2.05) is 0 Å². The summed E-state index contributed by atoms with van der Waals surface area (Å²) in [6, 6.07) is 1.17. The van der Waals surface area contributed by atoms with Gasteiger partial charge >= 0.3 is 0 Å². The van der Waals surface area contributed by atoms with E-state index in [1.54, 1.807) is 7.11 Å². The molecule has 0 aliphatic carbocycles. The molecule has 16 heavy (non-hydrogen) atoms. The first kappa shape index (κ1) is 13.9. The molecule has 0 spiro atoms. The van der Waals surface area contributed by atoms with Gasteiger partial charge in [0.25, 0.3) is 0 Å². The first-order valence-electron chi connectivity index (χ1n) is 6.25. The monoisotopic (exact) mass is 230 g/mol. The highest BCUT2D eigenvalue weighted by Crippen LogP contribution is 2.12. The van der Waals surface area contributed by atoms with Gasteiger partial charge in [0, 0.05) is 39.0 Å². The molecule has 2 atom stereocenters. The molecule has 0 aromatic rings. The Balaban J connectivity index is 2.06. The molecule has 0 saturated carbocycles. The lowest BCUT2D eigenvalue weighted by molar-refractivity contribution is 0.136. The molecule has 96 valence electrons. The Hall–Kier alpha value is -0.160. The van der Waals surface area contributed by atoms with Gasteiger partial charge in [-0.2, -0.15) is 0 Å². The van der Waals surface area contributed by atoms with Crippen molar-refractivity contribution in [3.63, 3.8) is 0 Å². The minimum Gasteiger partial charge on any atom is -0.385 e. The van der Waals surface area contributed by atoms with Crippen molar-refractivity contribution in [1.82, 2.24) is 10.2 Å². The van der Waals surface area contributed by atoms with Crippen molar-refractivity contribution >= 4 is 0 Å². The Morgan fingerprint density at radius 1 is 1.56 bits per heavy atom. The van der Waals surface area contributed by atoms with Crippen LogP contribution in [0.3, 0.4) is 0 Å². The first-order chi connectivity index (χ1) is 7.75. The van der Waals surface area contributed by atoms with Gasteiger partial charge in [-0.05, 0) is 33.4 Å². The number of rotatable bonds is 8. The van der Waals surface area contributed by atoms with Crippen molar-refractivity contribution in [1.29, 1.82) is 0 Å². The standard InChI is InChI=1S/C12H26N2O2/c1-11(9-13-6-4-7-15-3)14(2)12-5-8-16-10-12/h11-13H,4-10H2,1-3H3. The van der Waals surface area contributed by atoms with Crippen molar-refractivity contribution in [2.75, 3.05) is 47.1 Å². The summed E-state index contributed by atoms with van der Waals surface area (Å²) in [5.41, 5.74) is 0. The number of nitrogens with zero attached hydrogens (tertiary/aromatic N) is 1. The summed E-state index contributed by atoms with van der Waals surface area (Å²) in [5, 5.41) is 3.46. The van der Waals surface area contributed by atoms with Crippen molar-refractivity contribution < 1.29 is 9.47 Å². The van der Waals surface area contributed by atoms with Gasteiger partial charge in [-0.15, -0.1) is 0 Å². The van der Waals surface area contributed by atoms with Gasteiger partial charge in [-0.1, -0.05) is 0 Å². The zero-order chi connectivity index (χ0) is 11.8. The SMILES string of the molecule is COCCCNCC(C)N(C)C1CCOC1. The van der Waals surface area contributed by atoms with Gasteiger partial charge in [-0.3, -0.25) is 4.90 Å². The third kappa shape index (κ3) is 4.78. The second kappa shape index (κ2) is 8.01. The number of methoxy groups -OCH3 is 1. The van der Waals surface area contributed by atoms with Crippen LogP contribution >= 0.6 is 0 Å². The lowest BCUT2D eigenvalue weighted by atomic mass is 10.2. The summed E-state index contributed by atoms with van der Waals surface area (Å²) in [6.07, 6.45) is 2.25. The molecule has 4 nitrogen and oxygen atoms in total. The van der Waals surface area contributed by atoms with E-state index < -0.39 is 0 Å². The molecule has 0 aromatic heterocycles. The van der Waals surface area contributed by atoms with Crippen LogP contribution < -0.4 is 5.32 Å². The maximum absolute atomic E-state index is 5.41. The lowest BCUT2D eigenvalue weighted by Crippen LogP contribution is -2.44. The topological polar surface area (TPSA) is 33.7 Å². The molecule has 1 heterocycles. The van der Waals surface area contributed by atoms with Gasteiger partial charge in [0.15, 0.2) is 0 Å². The van der Waals surface area contributed by atoms with Gasteiger partial charge in [-0.25, -0.2) is 0 Å². The van der Waals surface area contributed by atoms with Crippen molar-refractivity contribution in [3.05, 3.63) is 0 Å². The number of hydrogen-bond donors (Lipinski definition) is 1. The molecule has 1 N–H and O–H groups in total. The number of nitrogens with one attached hydrogen (secondary N) is 1. The number of hydrogen-bond acceptors (Lipinski definition) is 4. The quantitative estimate of drug-likeness (QED) is 0.623. The largest absolute Gasteiger partial charge is 0.385 e. The fourth-order valence-corrected chi connectivity index (χ4v) is 2.00. The maximum Gasteiger partial charge on any atom is 0.0622 e. The van der Waals surface area contributed by atoms with Crippen molar-refractivity contribution in [2.24, 2.45) is 0 Å². The van der Waals surface area contributed by atoms with E-state index in [1.165, 1.54) is 6.42 Å². The third-order valence-electron chi connectivity index (χ3n) is 3.32. The number of ether oxygens (including phenoxy) is 2. The van der Waals surface area contributed by atoms with Crippen LogP contribution in [-0.2, 0) is 9.47 Å². The second-order valence-corrected chi connectivity index (χ2v) is 4.58. The molecular formula is C12H26N2O2. The van der Waals surface area contributed by atoms with E-state index in [-0.39, 0.29) is 0 Å². The Kier molecular flexibility index (Phi) is 6.96. The summed E-state index contributed by atoms with van der Waals surface area (Å²) in [5.74, 6) is 0. The lowest BCUT2D eigenvalue weighted by Gasteiger charge is -2.29. The average Bonchev–Trinajstić information content (AvgIpc) is 2.81. The van der Waals surface area contributed by atoms with Crippen LogP contribution in [0.4, 0.5) is 0 Å². The van der Waals surface area contributed by atoms with Crippen LogP contribution in [0.15, 0.2) is 0 Å². The average molecular weight is 230 g/mol. The van der Waals surface area contributed by atoms with Gasteiger partial charge in [0.05, 0.1) is 6.61 Å². The molecule has 1 aliphatic heterocycles.